The Labute approximate surface area is 132 Å². The summed E-state index contributed by atoms with van der Waals surface area (Å²) in [4.78, 5) is 0. The van der Waals surface area contributed by atoms with Gasteiger partial charge in [0.05, 0.1) is 0 Å². The van der Waals surface area contributed by atoms with E-state index in [1.165, 1.54) is 18.6 Å². The molecule has 0 heterocycles. The van der Waals surface area contributed by atoms with Crippen LogP contribution < -0.4 is 0 Å². The highest BCUT2D eigenvalue weighted by Gasteiger charge is 2.57. The molecule has 1 atom stereocenters. The van der Waals surface area contributed by atoms with Gasteiger partial charge in [0, 0.05) is 5.56 Å². The van der Waals surface area contributed by atoms with Crippen molar-refractivity contribution in [3.63, 3.8) is 0 Å². The van der Waals surface area contributed by atoms with Crippen molar-refractivity contribution in [2.75, 3.05) is 0 Å². The van der Waals surface area contributed by atoms with E-state index in [9.17, 15) is 13.2 Å². The fourth-order valence-corrected chi connectivity index (χ4v) is 4.15. The fraction of sp³-hybridized carbons (Fsp3) is 0.684. The molecule has 3 heteroatoms. The summed E-state index contributed by atoms with van der Waals surface area (Å²) in [5.74, 6) is -1.20. The lowest BCUT2D eigenvalue weighted by atomic mass is 9.70. The Balaban J connectivity index is 0.000000545. The highest BCUT2D eigenvalue weighted by molar-refractivity contribution is 5.32. The molecule has 0 saturated heterocycles. The maximum atomic E-state index is 14.3. The van der Waals surface area contributed by atoms with E-state index < -0.39 is 17.3 Å². The molecule has 0 N–H and O–H groups in total. The Morgan fingerprint density at radius 1 is 1.09 bits per heavy atom. The fourth-order valence-electron chi connectivity index (χ4n) is 4.15. The zero-order valence-electron chi connectivity index (χ0n) is 14.1. The molecule has 124 valence electrons. The molecule has 0 aromatic heterocycles. The van der Waals surface area contributed by atoms with Gasteiger partial charge in [-0.1, -0.05) is 33.3 Å². The van der Waals surface area contributed by atoms with Gasteiger partial charge in [-0.25, -0.2) is 13.2 Å². The molecular weight excluding hydrogens is 285 g/mol. The van der Waals surface area contributed by atoms with Crippen LogP contribution in [0, 0.1) is 24.0 Å². The maximum absolute atomic E-state index is 14.3. The second kappa shape index (κ2) is 6.25. The molecule has 2 aliphatic carbocycles. The summed E-state index contributed by atoms with van der Waals surface area (Å²) in [5, 5.41) is 0. The molecule has 0 amide bonds. The Hall–Kier alpha value is -0.990. The monoisotopic (exact) mass is 312 g/mol. The number of aryl methyl sites for hydroxylation is 1. The molecular formula is C19H27F3. The van der Waals surface area contributed by atoms with Crippen LogP contribution >= 0.6 is 0 Å². The van der Waals surface area contributed by atoms with Gasteiger partial charge in [-0.2, -0.15) is 0 Å². The van der Waals surface area contributed by atoms with E-state index in [-0.39, 0.29) is 16.9 Å². The first-order valence-electron chi connectivity index (χ1n) is 8.42. The minimum Gasteiger partial charge on any atom is -0.244 e. The summed E-state index contributed by atoms with van der Waals surface area (Å²) >= 11 is 0. The normalized spacial score (nSPS) is 30.9. The van der Waals surface area contributed by atoms with E-state index in [1.807, 2.05) is 6.92 Å². The standard InChI is InChI=1S/C16H19F3.C3H8/c1-10-3-4-12(17)13(14(10)18)11(2)15-5-7-16(19,9-15)8-6-15;1-3-2/h3-4,11H,5-9H2,1-2H3;3H2,1-2H3. The summed E-state index contributed by atoms with van der Waals surface area (Å²) in [6.07, 6.45) is 4.31. The maximum Gasteiger partial charge on any atom is 0.132 e. The summed E-state index contributed by atoms with van der Waals surface area (Å²) in [6, 6.07) is 2.79. The first-order chi connectivity index (χ1) is 10.3. The zero-order chi connectivity index (χ0) is 16.5. The number of hydrogen-bond acceptors (Lipinski definition) is 0. The van der Waals surface area contributed by atoms with Crippen LogP contribution in [0.3, 0.4) is 0 Å². The van der Waals surface area contributed by atoms with Crippen molar-refractivity contribution in [1.29, 1.82) is 0 Å². The van der Waals surface area contributed by atoms with Gasteiger partial charge in [0.2, 0.25) is 0 Å². The Morgan fingerprint density at radius 2 is 1.64 bits per heavy atom. The highest BCUT2D eigenvalue weighted by atomic mass is 19.1. The minimum atomic E-state index is -1.08. The van der Waals surface area contributed by atoms with Crippen LogP contribution in [0.2, 0.25) is 0 Å². The van der Waals surface area contributed by atoms with E-state index in [4.69, 9.17) is 0 Å². The Bertz CT molecular complexity index is 528. The van der Waals surface area contributed by atoms with Crippen molar-refractivity contribution >= 4 is 0 Å². The van der Waals surface area contributed by atoms with E-state index in [0.29, 0.717) is 24.8 Å². The van der Waals surface area contributed by atoms with Crippen molar-refractivity contribution in [1.82, 2.24) is 0 Å². The average molecular weight is 312 g/mol. The van der Waals surface area contributed by atoms with Crippen LogP contribution in [-0.4, -0.2) is 5.67 Å². The van der Waals surface area contributed by atoms with Crippen molar-refractivity contribution < 1.29 is 13.2 Å². The molecule has 2 saturated carbocycles. The van der Waals surface area contributed by atoms with Crippen LogP contribution in [0.15, 0.2) is 12.1 Å². The number of fused-ring (bicyclic) bond motifs is 2. The van der Waals surface area contributed by atoms with Crippen molar-refractivity contribution in [2.45, 2.75) is 77.8 Å². The van der Waals surface area contributed by atoms with Crippen LogP contribution in [0.5, 0.6) is 0 Å². The first-order valence-corrected chi connectivity index (χ1v) is 8.42. The molecule has 0 nitrogen and oxygen atoms in total. The van der Waals surface area contributed by atoms with Gasteiger partial charge >= 0.3 is 0 Å². The zero-order valence-corrected chi connectivity index (χ0v) is 14.1. The average Bonchev–Trinajstić information content (AvgIpc) is 2.99. The predicted octanol–water partition coefficient (Wildman–Crippen LogP) is 6.47. The smallest absolute Gasteiger partial charge is 0.132 e. The largest absolute Gasteiger partial charge is 0.244 e. The number of halogens is 3. The van der Waals surface area contributed by atoms with E-state index in [1.54, 1.807) is 6.92 Å². The number of rotatable bonds is 2. The van der Waals surface area contributed by atoms with Gasteiger partial charge in [0.1, 0.15) is 17.3 Å². The summed E-state index contributed by atoms with van der Waals surface area (Å²) < 4.78 is 42.6. The molecule has 22 heavy (non-hydrogen) atoms. The quantitative estimate of drug-likeness (QED) is 0.587. The third kappa shape index (κ3) is 2.91. The van der Waals surface area contributed by atoms with Gasteiger partial charge < -0.3 is 0 Å². The topological polar surface area (TPSA) is 0 Å². The van der Waals surface area contributed by atoms with Gasteiger partial charge in [0.15, 0.2) is 0 Å². The SMILES string of the molecule is CCC.Cc1ccc(F)c(C(C)C23CCC(F)(CC2)C3)c1F. The molecule has 2 bridgehead atoms. The van der Waals surface area contributed by atoms with E-state index in [2.05, 4.69) is 13.8 Å². The summed E-state index contributed by atoms with van der Waals surface area (Å²) in [5.41, 5.74) is -0.705. The first kappa shape index (κ1) is 17.4. The second-order valence-corrected chi connectivity index (χ2v) is 7.21. The molecule has 3 rings (SSSR count). The molecule has 2 fully saturated rings. The van der Waals surface area contributed by atoms with E-state index in [0.717, 1.165) is 12.8 Å². The number of alkyl halides is 1. The van der Waals surface area contributed by atoms with Crippen LogP contribution in [0.25, 0.3) is 0 Å². The van der Waals surface area contributed by atoms with Crippen molar-refractivity contribution in [2.24, 2.45) is 5.41 Å². The van der Waals surface area contributed by atoms with Crippen LogP contribution in [0.4, 0.5) is 13.2 Å². The summed E-state index contributed by atoms with van der Waals surface area (Å²) in [7, 11) is 0. The van der Waals surface area contributed by atoms with Gasteiger partial charge in [-0.05, 0) is 62.0 Å². The Kier molecular flexibility index (Phi) is 4.93. The van der Waals surface area contributed by atoms with Crippen molar-refractivity contribution in [3.05, 3.63) is 34.9 Å². The van der Waals surface area contributed by atoms with Gasteiger partial charge in [-0.15, -0.1) is 0 Å². The van der Waals surface area contributed by atoms with Gasteiger partial charge in [0.25, 0.3) is 0 Å². The number of benzene rings is 1. The lowest BCUT2D eigenvalue weighted by molar-refractivity contribution is 0.175. The van der Waals surface area contributed by atoms with Crippen LogP contribution in [0.1, 0.15) is 76.3 Å². The molecule has 0 spiro atoms. The Morgan fingerprint density at radius 3 is 2.09 bits per heavy atom. The van der Waals surface area contributed by atoms with Gasteiger partial charge in [-0.3, -0.25) is 0 Å². The molecule has 1 aromatic carbocycles. The number of hydrogen-bond donors (Lipinski definition) is 0. The van der Waals surface area contributed by atoms with Crippen molar-refractivity contribution in [3.8, 4) is 0 Å². The minimum absolute atomic E-state index is 0.158. The highest BCUT2D eigenvalue weighted by Crippen LogP contribution is 2.64. The molecule has 1 unspecified atom stereocenters. The molecule has 1 aromatic rings. The lowest BCUT2D eigenvalue weighted by Crippen LogP contribution is -2.24. The van der Waals surface area contributed by atoms with Crippen LogP contribution in [-0.2, 0) is 0 Å². The summed E-state index contributed by atoms with van der Waals surface area (Å²) in [6.45, 7) is 7.75. The molecule has 2 aliphatic rings. The predicted molar refractivity (Wildman–Crippen MR) is 84.8 cm³/mol. The third-order valence-corrected chi connectivity index (χ3v) is 5.48. The third-order valence-electron chi connectivity index (χ3n) is 5.48. The lowest BCUT2D eigenvalue weighted by Gasteiger charge is -2.34. The second-order valence-electron chi connectivity index (χ2n) is 7.21. The molecule has 0 aliphatic heterocycles. The molecule has 0 radical (unpaired) electrons. The van der Waals surface area contributed by atoms with E-state index >= 15 is 0 Å².